The predicted octanol–water partition coefficient (Wildman–Crippen LogP) is 4.72. The van der Waals surface area contributed by atoms with E-state index in [1.165, 1.54) is 40.3 Å². The number of pyridine rings is 1. The molecule has 2 bridgehead atoms. The summed E-state index contributed by atoms with van der Waals surface area (Å²) in [5, 5.41) is 11.2. The van der Waals surface area contributed by atoms with Gasteiger partial charge in [-0.1, -0.05) is 31.2 Å². The molecule has 196 valence electrons. The van der Waals surface area contributed by atoms with Crippen molar-refractivity contribution in [1.29, 1.82) is 0 Å². The number of hydrogen-bond donors (Lipinski definition) is 2. The number of sulfonamides is 1. The third-order valence-corrected chi connectivity index (χ3v) is 11.3. The van der Waals surface area contributed by atoms with Gasteiger partial charge in [0.05, 0.1) is 17.0 Å². The fourth-order valence-corrected chi connectivity index (χ4v) is 9.26. The normalized spacial score (nSPS) is 38.5. The number of aromatic nitrogens is 1. The molecule has 2 aliphatic heterocycles. The van der Waals surface area contributed by atoms with Crippen LogP contribution in [0.15, 0.2) is 60.0 Å². The quantitative estimate of drug-likeness (QED) is 0.596. The summed E-state index contributed by atoms with van der Waals surface area (Å²) in [7, 11) is -3.45. The molecule has 3 fully saturated rings. The van der Waals surface area contributed by atoms with E-state index in [1.54, 1.807) is 0 Å². The van der Waals surface area contributed by atoms with Crippen molar-refractivity contribution in [2.24, 2.45) is 16.5 Å². The van der Waals surface area contributed by atoms with Crippen molar-refractivity contribution in [1.82, 2.24) is 10.3 Å². The Hall–Kier alpha value is -2.06. The molecule has 5 aliphatic rings. The molecule has 1 unspecified atom stereocenters. The molecule has 0 radical (unpaired) electrons. The first kappa shape index (κ1) is 24.0. The number of benzene rings is 1. The standard InChI is InChI=1S/C30H37N3O3S/c1-28-10-8-24-17-23-4-5-25(33-14-15-37(31,34)35)18-29(23)11-12-30(24,36-29)27(28)7-6-26(28)21-3-2-20-9-13-32-19-22(20)16-21/h2-3,8-9,13,16-17,19,25-27,33H,4-7,10-12,14-15,18H2,1H3,(H2,31,34,35)/t25-,26-,27-,28-,29-,30?/m1/s1. The van der Waals surface area contributed by atoms with Crippen molar-refractivity contribution in [3.63, 3.8) is 0 Å². The minimum atomic E-state index is -3.45. The van der Waals surface area contributed by atoms with Gasteiger partial charge in [-0.05, 0) is 103 Å². The van der Waals surface area contributed by atoms with Gasteiger partial charge in [0, 0.05) is 30.4 Å². The highest BCUT2D eigenvalue weighted by Gasteiger charge is 2.66. The third kappa shape index (κ3) is 3.68. The minimum Gasteiger partial charge on any atom is -0.359 e. The van der Waals surface area contributed by atoms with Gasteiger partial charge in [0.1, 0.15) is 0 Å². The molecule has 3 N–H and O–H groups in total. The molecule has 1 saturated heterocycles. The summed E-state index contributed by atoms with van der Waals surface area (Å²) < 4.78 is 30.2. The molecule has 6 atom stereocenters. The first-order valence-corrected chi connectivity index (χ1v) is 15.6. The van der Waals surface area contributed by atoms with Crippen molar-refractivity contribution in [2.75, 3.05) is 12.3 Å². The molecule has 2 aromatic rings. The van der Waals surface area contributed by atoms with E-state index in [0.29, 0.717) is 18.4 Å². The Morgan fingerprint density at radius 1 is 1.16 bits per heavy atom. The molecule has 2 spiro atoms. The number of primary sulfonamides is 1. The molecule has 7 heteroatoms. The summed E-state index contributed by atoms with van der Waals surface area (Å²) in [6.45, 7) is 2.91. The first-order chi connectivity index (χ1) is 17.7. The number of hydrogen-bond acceptors (Lipinski definition) is 5. The number of allylic oxidation sites excluding steroid dienone is 1. The van der Waals surface area contributed by atoms with Gasteiger partial charge < -0.3 is 10.1 Å². The molecular weight excluding hydrogens is 482 g/mol. The smallest absolute Gasteiger partial charge is 0.210 e. The van der Waals surface area contributed by atoms with Gasteiger partial charge in [-0.2, -0.15) is 0 Å². The number of fused-ring (bicyclic) bond motifs is 2. The van der Waals surface area contributed by atoms with Gasteiger partial charge in [-0.25, -0.2) is 13.6 Å². The highest BCUT2D eigenvalue weighted by Crippen LogP contribution is 2.69. The Kier molecular flexibility index (Phi) is 5.33. The maximum Gasteiger partial charge on any atom is 0.210 e. The lowest BCUT2D eigenvalue weighted by Gasteiger charge is -2.54. The van der Waals surface area contributed by atoms with Crippen LogP contribution in [-0.4, -0.2) is 42.9 Å². The van der Waals surface area contributed by atoms with E-state index in [9.17, 15) is 8.42 Å². The van der Waals surface area contributed by atoms with Crippen LogP contribution in [0.3, 0.4) is 0 Å². The van der Waals surface area contributed by atoms with Gasteiger partial charge in [-0.3, -0.25) is 4.98 Å². The van der Waals surface area contributed by atoms with E-state index in [-0.39, 0.29) is 28.4 Å². The van der Waals surface area contributed by atoms with Gasteiger partial charge >= 0.3 is 0 Å². The fraction of sp³-hybridized carbons (Fsp3) is 0.567. The number of ether oxygens (including phenoxy) is 1. The lowest BCUT2D eigenvalue weighted by atomic mass is 9.58. The number of nitrogens with one attached hydrogen (secondary N) is 1. The molecule has 6 nitrogen and oxygen atoms in total. The summed E-state index contributed by atoms with van der Waals surface area (Å²) in [6, 6.07) is 9.31. The minimum absolute atomic E-state index is 0.0243. The average Bonchev–Trinajstić information content (AvgIpc) is 3.38. The van der Waals surface area contributed by atoms with Crippen LogP contribution in [0.1, 0.15) is 69.8 Å². The highest BCUT2D eigenvalue weighted by molar-refractivity contribution is 7.89. The van der Waals surface area contributed by atoms with E-state index in [4.69, 9.17) is 9.88 Å². The Morgan fingerprint density at radius 2 is 2.05 bits per heavy atom. The molecule has 2 saturated carbocycles. The van der Waals surface area contributed by atoms with Crippen molar-refractivity contribution in [2.45, 2.75) is 81.5 Å². The maximum atomic E-state index is 11.4. The lowest BCUT2D eigenvalue weighted by molar-refractivity contribution is -0.136. The van der Waals surface area contributed by atoms with Crippen LogP contribution in [-0.2, 0) is 14.8 Å². The van der Waals surface area contributed by atoms with Crippen LogP contribution in [0.25, 0.3) is 10.8 Å². The summed E-state index contributed by atoms with van der Waals surface area (Å²) in [4.78, 5) is 4.36. The fourth-order valence-electron chi connectivity index (χ4n) is 8.85. The molecule has 37 heavy (non-hydrogen) atoms. The van der Waals surface area contributed by atoms with Gasteiger partial charge in [0.2, 0.25) is 10.0 Å². The molecule has 1 aromatic carbocycles. The SMILES string of the molecule is C[C@]12CC=C3C=C4CC[C@@H](NCCS(N)(=O)=O)C[C@]45CCC3(O5)[C@@H]1CC[C@@H]2c1ccc2ccncc2c1. The maximum absolute atomic E-state index is 11.4. The Morgan fingerprint density at radius 3 is 2.92 bits per heavy atom. The molecule has 3 heterocycles. The number of nitrogens with two attached hydrogens (primary N) is 1. The van der Waals surface area contributed by atoms with Gasteiger partial charge in [0.25, 0.3) is 0 Å². The van der Waals surface area contributed by atoms with E-state index in [1.807, 2.05) is 12.4 Å². The van der Waals surface area contributed by atoms with E-state index < -0.39 is 10.0 Å². The van der Waals surface area contributed by atoms with Crippen molar-refractivity contribution >= 4 is 20.8 Å². The third-order valence-electron chi connectivity index (χ3n) is 10.6. The second-order valence-electron chi connectivity index (χ2n) is 12.5. The molecular formula is C30H37N3O3S. The number of nitrogens with zero attached hydrogens (tertiary/aromatic N) is 1. The molecule has 3 aliphatic carbocycles. The van der Waals surface area contributed by atoms with Crippen molar-refractivity contribution < 1.29 is 13.2 Å². The Labute approximate surface area is 219 Å². The van der Waals surface area contributed by atoms with Crippen LogP contribution in [0.4, 0.5) is 0 Å². The van der Waals surface area contributed by atoms with Gasteiger partial charge in [0.15, 0.2) is 0 Å². The highest BCUT2D eigenvalue weighted by atomic mass is 32.2. The lowest BCUT2D eigenvalue weighted by Crippen LogP contribution is -2.55. The zero-order valence-electron chi connectivity index (χ0n) is 21.6. The van der Waals surface area contributed by atoms with E-state index in [2.05, 4.69) is 53.6 Å². The van der Waals surface area contributed by atoms with Crippen LogP contribution in [0.2, 0.25) is 0 Å². The van der Waals surface area contributed by atoms with Crippen molar-refractivity contribution in [3.8, 4) is 0 Å². The Balaban J connectivity index is 1.17. The summed E-state index contributed by atoms with van der Waals surface area (Å²) in [5.41, 5.74) is 4.10. The molecule has 7 rings (SSSR count). The van der Waals surface area contributed by atoms with Crippen LogP contribution in [0, 0.1) is 11.3 Å². The van der Waals surface area contributed by atoms with Crippen molar-refractivity contribution in [3.05, 3.63) is 65.5 Å². The summed E-state index contributed by atoms with van der Waals surface area (Å²) in [6.07, 6.45) is 17.4. The summed E-state index contributed by atoms with van der Waals surface area (Å²) >= 11 is 0. The second kappa shape index (κ2) is 8.22. The van der Waals surface area contributed by atoms with Crippen LogP contribution < -0.4 is 10.5 Å². The second-order valence-corrected chi connectivity index (χ2v) is 14.2. The number of rotatable bonds is 5. The monoisotopic (exact) mass is 519 g/mol. The largest absolute Gasteiger partial charge is 0.359 e. The average molecular weight is 520 g/mol. The zero-order valence-corrected chi connectivity index (χ0v) is 22.4. The molecule has 0 amide bonds. The topological polar surface area (TPSA) is 94.3 Å². The van der Waals surface area contributed by atoms with Crippen LogP contribution in [0.5, 0.6) is 0 Å². The molecule has 1 aromatic heterocycles. The Bertz CT molecular complexity index is 1430. The predicted molar refractivity (Wildman–Crippen MR) is 145 cm³/mol. The first-order valence-electron chi connectivity index (χ1n) is 13.9. The summed E-state index contributed by atoms with van der Waals surface area (Å²) in [5.74, 6) is 0.991. The van der Waals surface area contributed by atoms with E-state index >= 15 is 0 Å². The van der Waals surface area contributed by atoms with Crippen LogP contribution >= 0.6 is 0 Å². The van der Waals surface area contributed by atoms with E-state index in [0.717, 1.165) is 38.5 Å². The van der Waals surface area contributed by atoms with Gasteiger partial charge in [-0.15, -0.1) is 0 Å². The zero-order chi connectivity index (χ0) is 25.5.